The summed E-state index contributed by atoms with van der Waals surface area (Å²) in [6.07, 6.45) is 0. The van der Waals surface area contributed by atoms with E-state index >= 15 is 0 Å². The number of hydrogen-bond donors (Lipinski definition) is 1. The van der Waals surface area contributed by atoms with Crippen molar-refractivity contribution in [3.05, 3.63) is 29.0 Å². The molecule has 11 heteroatoms. The third kappa shape index (κ3) is 3.41. The number of carbonyl (C=O) groups excluding carboxylic acids is 1. The van der Waals surface area contributed by atoms with E-state index in [1.807, 2.05) is 0 Å². The number of fused-ring (bicyclic) bond motifs is 1. The Bertz CT molecular complexity index is 674. The van der Waals surface area contributed by atoms with E-state index in [4.69, 9.17) is 4.55 Å². The van der Waals surface area contributed by atoms with Crippen molar-refractivity contribution in [1.29, 1.82) is 0 Å². The molecule has 1 heterocycles. The quantitative estimate of drug-likeness (QED) is 0.185. The minimum absolute atomic E-state index is 0. The molecule has 5 nitrogen and oxygen atoms in total. The summed E-state index contributed by atoms with van der Waals surface area (Å²) in [4.78, 5) is 11.7. The molecule has 0 spiro atoms. The molecule has 1 radical (unpaired) electrons. The van der Waals surface area contributed by atoms with Crippen LogP contribution in [0.5, 0.6) is 0 Å². The number of ether oxygens (including phenoxy) is 1. The second-order valence-electron chi connectivity index (χ2n) is 3.30. The zero-order valence-corrected chi connectivity index (χ0v) is 19.4. The summed E-state index contributed by atoms with van der Waals surface area (Å²) in [7, 11) is -4.55. The molecule has 1 N–H and O–H groups in total. The van der Waals surface area contributed by atoms with Gasteiger partial charge in [-0.15, -0.1) is 0 Å². The summed E-state index contributed by atoms with van der Waals surface area (Å²) in [5.41, 5.74) is -1.61. The molecule has 0 aromatic heterocycles. The molecule has 19 heavy (non-hydrogen) atoms. The van der Waals surface area contributed by atoms with Crippen LogP contribution in [0.2, 0.25) is 0 Å². The van der Waals surface area contributed by atoms with Crippen molar-refractivity contribution < 1.29 is 22.5 Å². The predicted octanol–water partition coefficient (Wildman–Crippen LogP) is 3.41. The second-order valence-corrected chi connectivity index (χ2v) is 7.93. The Hall–Kier alpha value is 2.16. The van der Waals surface area contributed by atoms with Crippen molar-refractivity contribution in [3.63, 3.8) is 0 Å². The maximum absolute atomic E-state index is 11.7. The van der Waals surface area contributed by atoms with Gasteiger partial charge in [0.25, 0.3) is 5.44 Å². The van der Waals surface area contributed by atoms with E-state index in [-0.39, 0.29) is 62.5 Å². The number of halogens is 4. The molecule has 99 valence electrons. The van der Waals surface area contributed by atoms with Crippen LogP contribution in [-0.4, -0.2) is 70.3 Å². The van der Waals surface area contributed by atoms with E-state index in [2.05, 4.69) is 68.5 Å². The van der Waals surface area contributed by atoms with E-state index < -0.39 is 21.5 Å². The van der Waals surface area contributed by atoms with Gasteiger partial charge in [0.2, 0.25) is 0 Å². The van der Waals surface area contributed by atoms with Crippen molar-refractivity contribution in [3.8, 4) is 0 Å². The number of carbonyl (C=O) groups is 1. The summed E-state index contributed by atoms with van der Waals surface area (Å²) in [6.45, 7) is 0. The molecule has 2 rings (SSSR count). The average Bonchev–Trinajstić information content (AvgIpc) is 2.61. The number of benzene rings is 1. The SMILES string of the molecule is O=C1OC(S(=O)(=O)O)c2c(Br)c(Br)c(Br)c(Br)c21.[K]. The Morgan fingerprint density at radius 1 is 1.00 bits per heavy atom. The monoisotopic (exact) mass is 565 g/mol. The van der Waals surface area contributed by atoms with Crippen molar-refractivity contribution in [2.45, 2.75) is 5.44 Å². The molecule has 1 aliphatic rings. The smallest absolute Gasteiger partial charge is 0.341 e. The van der Waals surface area contributed by atoms with Crippen LogP contribution in [0.25, 0.3) is 0 Å². The Morgan fingerprint density at radius 2 is 1.47 bits per heavy atom. The van der Waals surface area contributed by atoms with Crippen molar-refractivity contribution in [2.24, 2.45) is 0 Å². The van der Waals surface area contributed by atoms with Gasteiger partial charge < -0.3 is 4.74 Å². The van der Waals surface area contributed by atoms with Crippen LogP contribution in [0, 0.1) is 0 Å². The van der Waals surface area contributed by atoms with Crippen LogP contribution < -0.4 is 0 Å². The predicted molar refractivity (Wildman–Crippen MR) is 82.7 cm³/mol. The zero-order valence-electron chi connectivity index (χ0n) is 9.08. The van der Waals surface area contributed by atoms with Gasteiger partial charge in [-0.25, -0.2) is 4.79 Å². The third-order valence-corrected chi connectivity index (χ3v) is 7.90. The van der Waals surface area contributed by atoms with E-state index in [0.29, 0.717) is 17.9 Å². The topological polar surface area (TPSA) is 80.7 Å². The zero-order chi connectivity index (χ0) is 13.8. The van der Waals surface area contributed by atoms with E-state index in [0.717, 1.165) is 0 Å². The Kier molecular flexibility index (Phi) is 6.80. The van der Waals surface area contributed by atoms with Gasteiger partial charge in [-0.1, -0.05) is 0 Å². The summed E-state index contributed by atoms with van der Waals surface area (Å²) in [6, 6.07) is 0. The Labute approximate surface area is 184 Å². The summed E-state index contributed by atoms with van der Waals surface area (Å²) in [5.74, 6) is -0.826. The Balaban J connectivity index is 0.00000180. The molecule has 0 fully saturated rings. The van der Waals surface area contributed by atoms with Gasteiger partial charge in [0.1, 0.15) is 0 Å². The fraction of sp³-hybridized carbons (Fsp3) is 0.125. The summed E-state index contributed by atoms with van der Waals surface area (Å²) < 4.78 is 37.9. The van der Waals surface area contributed by atoms with Crippen LogP contribution in [-0.2, 0) is 14.9 Å². The van der Waals surface area contributed by atoms with Gasteiger partial charge in [0, 0.05) is 74.8 Å². The fourth-order valence-corrected chi connectivity index (χ4v) is 4.91. The molecule has 1 aromatic carbocycles. The number of cyclic esters (lactones) is 1. The largest absolute Gasteiger partial charge is 0.435 e. The second kappa shape index (κ2) is 6.73. The molecular formula is C8H2Br4KO5S. The molecule has 0 amide bonds. The summed E-state index contributed by atoms with van der Waals surface area (Å²) in [5, 5.41) is 0. The van der Waals surface area contributed by atoms with Gasteiger partial charge in [-0.2, -0.15) is 8.42 Å². The van der Waals surface area contributed by atoms with Crippen LogP contribution in [0.3, 0.4) is 0 Å². The van der Waals surface area contributed by atoms with Gasteiger partial charge in [0.15, 0.2) is 0 Å². The minimum atomic E-state index is -4.55. The first-order chi connectivity index (χ1) is 8.16. The van der Waals surface area contributed by atoms with Crippen LogP contribution >= 0.6 is 63.7 Å². The molecule has 1 atom stereocenters. The first-order valence-electron chi connectivity index (χ1n) is 4.19. The number of hydrogen-bond acceptors (Lipinski definition) is 4. The average molecular weight is 569 g/mol. The van der Waals surface area contributed by atoms with Crippen molar-refractivity contribution in [1.82, 2.24) is 0 Å². The first-order valence-corrected chi connectivity index (χ1v) is 8.87. The van der Waals surface area contributed by atoms with Crippen LogP contribution in [0.15, 0.2) is 17.9 Å². The van der Waals surface area contributed by atoms with Gasteiger partial charge in [-0.3, -0.25) is 4.55 Å². The summed E-state index contributed by atoms with van der Waals surface area (Å²) >= 11 is 12.8. The van der Waals surface area contributed by atoms with Crippen molar-refractivity contribution in [2.75, 3.05) is 0 Å². The van der Waals surface area contributed by atoms with Gasteiger partial charge >= 0.3 is 16.1 Å². The number of rotatable bonds is 1. The molecular weight excluding hydrogens is 567 g/mol. The van der Waals surface area contributed by atoms with E-state index in [9.17, 15) is 13.2 Å². The van der Waals surface area contributed by atoms with E-state index in [1.165, 1.54) is 0 Å². The molecule has 0 bridgehead atoms. The van der Waals surface area contributed by atoms with Crippen LogP contribution in [0.1, 0.15) is 21.4 Å². The molecule has 0 saturated heterocycles. The standard InChI is InChI=1S/C8H2Br4O5S.K/c9-3-1-2(4(10)6(12)5(3)11)8(17-7(1)13)18(14,15)16;/h8H,(H,14,15,16);. The molecule has 0 saturated carbocycles. The van der Waals surface area contributed by atoms with Gasteiger partial charge in [-0.05, 0) is 63.7 Å². The molecule has 1 unspecified atom stereocenters. The maximum atomic E-state index is 11.7. The fourth-order valence-electron chi connectivity index (χ4n) is 1.49. The number of esters is 1. The Morgan fingerprint density at radius 3 is 1.95 bits per heavy atom. The normalized spacial score (nSPS) is 17.7. The molecule has 1 aromatic rings. The molecule has 1 aliphatic heterocycles. The molecule has 0 aliphatic carbocycles. The maximum Gasteiger partial charge on any atom is 0.341 e. The first kappa shape index (κ1) is 19.2. The minimum Gasteiger partial charge on any atom is -0.435 e. The van der Waals surface area contributed by atoms with E-state index in [1.54, 1.807) is 0 Å². The van der Waals surface area contributed by atoms with Crippen LogP contribution in [0.4, 0.5) is 0 Å². The third-order valence-electron chi connectivity index (χ3n) is 2.23. The van der Waals surface area contributed by atoms with Gasteiger partial charge in [0.05, 0.1) is 5.56 Å². The van der Waals surface area contributed by atoms with Crippen molar-refractivity contribution >= 4 is 131 Å².